The van der Waals surface area contributed by atoms with Crippen molar-refractivity contribution in [3.05, 3.63) is 35.6 Å². The number of amides is 3. The molecule has 23 heavy (non-hydrogen) atoms. The fourth-order valence-corrected chi connectivity index (χ4v) is 2.77. The van der Waals surface area contributed by atoms with Gasteiger partial charge in [0.25, 0.3) is 0 Å². The Morgan fingerprint density at radius 1 is 1.35 bits per heavy atom. The quantitative estimate of drug-likeness (QED) is 0.875. The molecule has 5 nitrogen and oxygen atoms in total. The lowest BCUT2D eigenvalue weighted by molar-refractivity contribution is -0.124. The molecule has 0 saturated heterocycles. The van der Waals surface area contributed by atoms with Crippen LogP contribution in [0.25, 0.3) is 0 Å². The van der Waals surface area contributed by atoms with Gasteiger partial charge in [-0.2, -0.15) is 0 Å². The second-order valence-corrected chi connectivity index (χ2v) is 6.17. The Labute approximate surface area is 136 Å². The lowest BCUT2D eigenvalue weighted by Gasteiger charge is -2.24. The third-order valence-corrected chi connectivity index (χ3v) is 4.29. The molecular weight excluding hydrogens is 297 g/mol. The SMILES string of the molecule is CC(C(=O)NC(=O)NC1CCCC1)N(C)Cc1cccc(F)c1. The number of nitrogens with zero attached hydrogens (tertiary/aromatic N) is 1. The first-order valence-corrected chi connectivity index (χ1v) is 8.01. The molecular formula is C17H24FN3O2. The molecule has 2 rings (SSSR count). The van der Waals surface area contributed by atoms with Gasteiger partial charge in [-0.1, -0.05) is 25.0 Å². The highest BCUT2D eigenvalue weighted by Gasteiger charge is 2.22. The molecule has 1 fully saturated rings. The number of carbonyl (C=O) groups is 2. The van der Waals surface area contributed by atoms with Crippen molar-refractivity contribution in [2.24, 2.45) is 0 Å². The van der Waals surface area contributed by atoms with Gasteiger partial charge in [0, 0.05) is 12.6 Å². The highest BCUT2D eigenvalue weighted by molar-refractivity contribution is 5.96. The van der Waals surface area contributed by atoms with Crippen LogP contribution in [0.5, 0.6) is 0 Å². The molecule has 0 radical (unpaired) electrons. The van der Waals surface area contributed by atoms with Crippen LogP contribution in [0, 0.1) is 5.82 Å². The zero-order chi connectivity index (χ0) is 16.8. The summed E-state index contributed by atoms with van der Waals surface area (Å²) in [5, 5.41) is 5.20. The van der Waals surface area contributed by atoms with Gasteiger partial charge >= 0.3 is 6.03 Å². The van der Waals surface area contributed by atoms with Crippen LogP contribution in [0.1, 0.15) is 38.2 Å². The second kappa shape index (κ2) is 8.06. The summed E-state index contributed by atoms with van der Waals surface area (Å²) in [4.78, 5) is 25.7. The lowest BCUT2D eigenvalue weighted by Crippen LogP contribution is -2.50. The predicted octanol–water partition coefficient (Wildman–Crippen LogP) is 2.41. The standard InChI is InChI=1S/C17H24FN3O2/c1-12(21(2)11-13-6-5-7-14(18)10-13)16(22)20-17(23)19-15-8-3-4-9-15/h5-7,10,12,15H,3-4,8-9,11H2,1-2H3,(H2,19,20,22,23). The molecule has 1 saturated carbocycles. The van der Waals surface area contributed by atoms with E-state index >= 15 is 0 Å². The Bertz CT molecular complexity index is 559. The summed E-state index contributed by atoms with van der Waals surface area (Å²) in [5.41, 5.74) is 0.780. The Hall–Kier alpha value is -1.95. The number of imide groups is 1. The molecule has 1 unspecified atom stereocenters. The number of hydrogen-bond donors (Lipinski definition) is 2. The van der Waals surface area contributed by atoms with E-state index in [9.17, 15) is 14.0 Å². The van der Waals surface area contributed by atoms with E-state index in [4.69, 9.17) is 0 Å². The van der Waals surface area contributed by atoms with Crippen molar-refractivity contribution in [3.63, 3.8) is 0 Å². The van der Waals surface area contributed by atoms with Crippen LogP contribution in [0.4, 0.5) is 9.18 Å². The normalized spacial score (nSPS) is 16.3. The van der Waals surface area contributed by atoms with Gasteiger partial charge in [0.05, 0.1) is 6.04 Å². The van der Waals surface area contributed by atoms with Crippen molar-refractivity contribution in [1.29, 1.82) is 0 Å². The zero-order valence-electron chi connectivity index (χ0n) is 13.6. The molecule has 0 aromatic heterocycles. The minimum Gasteiger partial charge on any atom is -0.335 e. The van der Waals surface area contributed by atoms with E-state index in [0.717, 1.165) is 31.2 Å². The molecule has 3 amide bonds. The average Bonchev–Trinajstić information content (AvgIpc) is 2.99. The summed E-state index contributed by atoms with van der Waals surface area (Å²) >= 11 is 0. The van der Waals surface area contributed by atoms with E-state index in [1.165, 1.54) is 12.1 Å². The molecule has 1 aliphatic carbocycles. The van der Waals surface area contributed by atoms with E-state index in [1.54, 1.807) is 31.0 Å². The van der Waals surface area contributed by atoms with E-state index in [1.807, 2.05) is 0 Å². The summed E-state index contributed by atoms with van der Waals surface area (Å²) in [6.45, 7) is 2.15. The van der Waals surface area contributed by atoms with Gasteiger partial charge in [0.2, 0.25) is 5.91 Å². The van der Waals surface area contributed by atoms with Gasteiger partial charge in [-0.05, 0) is 44.5 Å². The first kappa shape index (κ1) is 17.4. The number of halogens is 1. The van der Waals surface area contributed by atoms with Gasteiger partial charge in [-0.15, -0.1) is 0 Å². The number of rotatable bonds is 5. The first-order valence-electron chi connectivity index (χ1n) is 8.01. The fourth-order valence-electron chi connectivity index (χ4n) is 2.77. The van der Waals surface area contributed by atoms with E-state index in [0.29, 0.717) is 6.54 Å². The molecule has 1 aromatic carbocycles. The van der Waals surface area contributed by atoms with Crippen molar-refractivity contribution in [2.75, 3.05) is 7.05 Å². The topological polar surface area (TPSA) is 61.4 Å². The van der Waals surface area contributed by atoms with Crippen LogP contribution in [0.2, 0.25) is 0 Å². The van der Waals surface area contributed by atoms with Gasteiger partial charge in [0.15, 0.2) is 0 Å². The molecule has 0 heterocycles. The molecule has 2 N–H and O–H groups in total. The van der Waals surface area contributed by atoms with Gasteiger partial charge in [-0.25, -0.2) is 9.18 Å². The molecule has 0 spiro atoms. The highest BCUT2D eigenvalue weighted by Crippen LogP contribution is 2.17. The third-order valence-electron chi connectivity index (χ3n) is 4.29. The maximum Gasteiger partial charge on any atom is 0.321 e. The lowest BCUT2D eigenvalue weighted by atomic mass is 10.2. The summed E-state index contributed by atoms with van der Waals surface area (Å²) in [6, 6.07) is 5.50. The summed E-state index contributed by atoms with van der Waals surface area (Å²) in [6.07, 6.45) is 4.17. The van der Waals surface area contributed by atoms with Crippen LogP contribution in [-0.2, 0) is 11.3 Å². The maximum absolute atomic E-state index is 13.2. The molecule has 1 aromatic rings. The van der Waals surface area contributed by atoms with Gasteiger partial charge < -0.3 is 5.32 Å². The van der Waals surface area contributed by atoms with E-state index in [2.05, 4.69) is 10.6 Å². The molecule has 6 heteroatoms. The monoisotopic (exact) mass is 321 g/mol. The minimum absolute atomic E-state index is 0.170. The predicted molar refractivity (Wildman–Crippen MR) is 86.3 cm³/mol. The minimum atomic E-state index is -0.493. The van der Waals surface area contributed by atoms with E-state index in [-0.39, 0.29) is 17.8 Å². The number of nitrogens with one attached hydrogen (secondary N) is 2. The molecule has 1 atom stereocenters. The Morgan fingerprint density at radius 3 is 2.70 bits per heavy atom. The number of carbonyl (C=O) groups excluding carboxylic acids is 2. The Kier molecular flexibility index (Phi) is 6.10. The molecule has 126 valence electrons. The number of likely N-dealkylation sites (N-methyl/N-ethyl adjacent to an activating group) is 1. The van der Waals surface area contributed by atoms with Crippen molar-refractivity contribution in [1.82, 2.24) is 15.5 Å². The third kappa shape index (κ3) is 5.32. The molecule has 0 bridgehead atoms. The van der Waals surface area contributed by atoms with Crippen molar-refractivity contribution >= 4 is 11.9 Å². The van der Waals surface area contributed by atoms with Crippen LogP contribution in [-0.4, -0.2) is 36.0 Å². The summed E-state index contributed by atoms with van der Waals surface area (Å²) in [5.74, 6) is -0.664. The summed E-state index contributed by atoms with van der Waals surface area (Å²) < 4.78 is 13.2. The van der Waals surface area contributed by atoms with Gasteiger partial charge in [-0.3, -0.25) is 15.0 Å². The Balaban J connectivity index is 1.81. The Morgan fingerprint density at radius 2 is 2.04 bits per heavy atom. The molecule has 1 aliphatic rings. The van der Waals surface area contributed by atoms with Crippen LogP contribution in [0.15, 0.2) is 24.3 Å². The van der Waals surface area contributed by atoms with E-state index < -0.39 is 12.1 Å². The average molecular weight is 321 g/mol. The first-order chi connectivity index (χ1) is 11.0. The van der Waals surface area contributed by atoms with Crippen molar-refractivity contribution < 1.29 is 14.0 Å². The second-order valence-electron chi connectivity index (χ2n) is 6.17. The van der Waals surface area contributed by atoms with Crippen LogP contribution >= 0.6 is 0 Å². The van der Waals surface area contributed by atoms with Crippen LogP contribution < -0.4 is 10.6 Å². The number of benzene rings is 1. The maximum atomic E-state index is 13.2. The largest absolute Gasteiger partial charge is 0.335 e. The number of hydrogen-bond acceptors (Lipinski definition) is 3. The van der Waals surface area contributed by atoms with Crippen molar-refractivity contribution in [3.8, 4) is 0 Å². The van der Waals surface area contributed by atoms with Crippen LogP contribution in [0.3, 0.4) is 0 Å². The summed E-state index contributed by atoms with van der Waals surface area (Å²) in [7, 11) is 1.77. The molecule has 0 aliphatic heterocycles. The highest BCUT2D eigenvalue weighted by atomic mass is 19.1. The zero-order valence-corrected chi connectivity index (χ0v) is 13.6. The van der Waals surface area contributed by atoms with Gasteiger partial charge in [0.1, 0.15) is 5.82 Å². The fraction of sp³-hybridized carbons (Fsp3) is 0.529. The van der Waals surface area contributed by atoms with Crippen molar-refractivity contribution in [2.45, 2.75) is 51.2 Å². The number of urea groups is 1. The smallest absolute Gasteiger partial charge is 0.321 e.